The van der Waals surface area contributed by atoms with E-state index in [1.54, 1.807) is 24.3 Å². The van der Waals surface area contributed by atoms with E-state index in [0.717, 1.165) is 0 Å². The van der Waals surface area contributed by atoms with Crippen molar-refractivity contribution in [2.24, 2.45) is 0 Å². The SMILES string of the molecule is [B]c1ccc(Oc2ccc(C#N)cn2)cc1C=O. The lowest BCUT2D eigenvalue weighted by molar-refractivity contribution is 0.112. The predicted molar refractivity (Wildman–Crippen MR) is 66.2 cm³/mol. The molecule has 0 aliphatic heterocycles. The van der Waals surface area contributed by atoms with E-state index in [4.69, 9.17) is 17.8 Å². The highest BCUT2D eigenvalue weighted by molar-refractivity contribution is 6.35. The molecule has 4 nitrogen and oxygen atoms in total. The fraction of sp³-hybridized carbons (Fsp3) is 0. The number of aldehydes is 1. The lowest BCUT2D eigenvalue weighted by Gasteiger charge is -2.06. The van der Waals surface area contributed by atoms with Gasteiger partial charge in [-0.3, -0.25) is 4.79 Å². The summed E-state index contributed by atoms with van der Waals surface area (Å²) in [6.45, 7) is 0. The Morgan fingerprint density at radius 2 is 2.17 bits per heavy atom. The maximum Gasteiger partial charge on any atom is 0.219 e. The van der Waals surface area contributed by atoms with Crippen molar-refractivity contribution < 1.29 is 9.53 Å². The maximum atomic E-state index is 10.7. The van der Waals surface area contributed by atoms with E-state index in [-0.39, 0.29) is 0 Å². The minimum atomic E-state index is 0.343. The Kier molecular flexibility index (Phi) is 3.40. The second-order valence-corrected chi connectivity index (χ2v) is 3.51. The van der Waals surface area contributed by atoms with Gasteiger partial charge in [0.05, 0.1) is 5.56 Å². The topological polar surface area (TPSA) is 63.0 Å². The molecule has 0 atom stereocenters. The molecule has 0 saturated heterocycles. The van der Waals surface area contributed by atoms with E-state index in [1.165, 1.54) is 12.3 Å². The molecule has 0 spiro atoms. The molecule has 1 aromatic heterocycles. The number of benzene rings is 1. The van der Waals surface area contributed by atoms with Gasteiger partial charge in [0.2, 0.25) is 5.88 Å². The summed E-state index contributed by atoms with van der Waals surface area (Å²) in [6, 6.07) is 9.90. The van der Waals surface area contributed by atoms with Crippen LogP contribution in [0.3, 0.4) is 0 Å². The molecular formula is C13H7BN2O2. The third kappa shape index (κ3) is 2.55. The number of hydrogen-bond donors (Lipinski definition) is 0. The lowest BCUT2D eigenvalue weighted by Crippen LogP contribution is -2.08. The van der Waals surface area contributed by atoms with Crippen LogP contribution in [-0.2, 0) is 0 Å². The number of rotatable bonds is 3. The first kappa shape index (κ1) is 11.9. The van der Waals surface area contributed by atoms with Crippen molar-refractivity contribution in [1.29, 1.82) is 5.26 Å². The Bertz CT molecular complexity index is 618. The highest BCUT2D eigenvalue weighted by Gasteiger charge is 2.02. The Morgan fingerprint density at radius 3 is 2.78 bits per heavy atom. The lowest BCUT2D eigenvalue weighted by atomic mass is 9.91. The molecule has 2 aromatic rings. The predicted octanol–water partition coefficient (Wildman–Crippen LogP) is 1.35. The molecule has 1 heterocycles. The minimum absolute atomic E-state index is 0.343. The van der Waals surface area contributed by atoms with Crippen molar-refractivity contribution in [3.8, 4) is 17.7 Å². The quantitative estimate of drug-likeness (QED) is 0.594. The third-order valence-electron chi connectivity index (χ3n) is 2.27. The second kappa shape index (κ2) is 5.15. The summed E-state index contributed by atoms with van der Waals surface area (Å²) >= 11 is 0. The van der Waals surface area contributed by atoms with Gasteiger partial charge in [-0.1, -0.05) is 11.5 Å². The summed E-state index contributed by atoms with van der Waals surface area (Å²) < 4.78 is 5.44. The first-order chi connectivity index (χ1) is 8.72. The largest absolute Gasteiger partial charge is 0.439 e. The van der Waals surface area contributed by atoms with E-state index in [0.29, 0.717) is 34.5 Å². The summed E-state index contributed by atoms with van der Waals surface area (Å²) in [4.78, 5) is 14.7. The molecule has 0 fully saturated rings. The van der Waals surface area contributed by atoms with E-state index in [1.807, 2.05) is 6.07 Å². The van der Waals surface area contributed by atoms with E-state index in [2.05, 4.69) is 4.98 Å². The van der Waals surface area contributed by atoms with Crippen LogP contribution in [0.2, 0.25) is 0 Å². The van der Waals surface area contributed by atoms with Crippen molar-refractivity contribution in [2.45, 2.75) is 0 Å². The fourth-order valence-electron chi connectivity index (χ4n) is 1.35. The Labute approximate surface area is 105 Å². The number of nitrogens with zero attached hydrogens (tertiary/aromatic N) is 2. The van der Waals surface area contributed by atoms with Gasteiger partial charge in [-0.2, -0.15) is 5.26 Å². The van der Waals surface area contributed by atoms with Crippen molar-refractivity contribution in [3.63, 3.8) is 0 Å². The fourth-order valence-corrected chi connectivity index (χ4v) is 1.35. The molecular weight excluding hydrogens is 227 g/mol. The van der Waals surface area contributed by atoms with Crippen molar-refractivity contribution >= 4 is 19.6 Å². The van der Waals surface area contributed by atoms with Gasteiger partial charge in [0.1, 0.15) is 26.0 Å². The van der Waals surface area contributed by atoms with Gasteiger partial charge >= 0.3 is 0 Å². The molecule has 0 aliphatic rings. The molecule has 0 amide bonds. The molecule has 18 heavy (non-hydrogen) atoms. The molecule has 0 N–H and O–H groups in total. The highest BCUT2D eigenvalue weighted by atomic mass is 16.5. The van der Waals surface area contributed by atoms with Crippen LogP contribution in [0.4, 0.5) is 0 Å². The van der Waals surface area contributed by atoms with E-state index >= 15 is 0 Å². The van der Waals surface area contributed by atoms with Crippen LogP contribution in [0.1, 0.15) is 15.9 Å². The monoisotopic (exact) mass is 234 g/mol. The zero-order valence-electron chi connectivity index (χ0n) is 9.33. The number of carbonyl (C=O) groups excluding carboxylic acids is 1. The van der Waals surface area contributed by atoms with Crippen LogP contribution in [0, 0.1) is 11.3 Å². The second-order valence-electron chi connectivity index (χ2n) is 3.51. The molecule has 2 radical (unpaired) electrons. The summed E-state index contributed by atoms with van der Waals surface area (Å²) in [6.07, 6.45) is 2.07. The Morgan fingerprint density at radius 1 is 1.33 bits per heavy atom. The van der Waals surface area contributed by atoms with Crippen LogP contribution in [0.25, 0.3) is 0 Å². The van der Waals surface area contributed by atoms with Crippen LogP contribution in [0.15, 0.2) is 36.5 Å². The average Bonchev–Trinajstić information content (AvgIpc) is 2.42. The van der Waals surface area contributed by atoms with Crippen molar-refractivity contribution in [2.75, 3.05) is 0 Å². The zero-order valence-corrected chi connectivity index (χ0v) is 9.33. The molecule has 84 valence electrons. The number of aromatic nitrogens is 1. The first-order valence-corrected chi connectivity index (χ1v) is 5.11. The molecule has 0 unspecified atom stereocenters. The summed E-state index contributed by atoms with van der Waals surface area (Å²) in [7, 11) is 5.59. The Hall–Kier alpha value is -2.61. The standard InChI is InChI=1S/C13H7BN2O2/c14-12-3-2-11(5-10(12)8-17)18-13-4-1-9(6-15)7-16-13/h1-5,7-8H. The summed E-state index contributed by atoms with van der Waals surface area (Å²) in [5.74, 6) is 0.805. The summed E-state index contributed by atoms with van der Waals surface area (Å²) in [5.41, 5.74) is 1.21. The molecule has 0 saturated carbocycles. The summed E-state index contributed by atoms with van der Waals surface area (Å²) in [5, 5.41) is 8.63. The number of hydrogen-bond acceptors (Lipinski definition) is 4. The van der Waals surface area contributed by atoms with E-state index in [9.17, 15) is 4.79 Å². The molecule has 0 aliphatic carbocycles. The van der Waals surface area contributed by atoms with Crippen LogP contribution < -0.4 is 10.2 Å². The number of carbonyl (C=O) groups is 1. The number of ether oxygens (including phenoxy) is 1. The van der Waals surface area contributed by atoms with E-state index < -0.39 is 0 Å². The average molecular weight is 234 g/mol. The van der Waals surface area contributed by atoms with Gasteiger partial charge in [-0.05, 0) is 18.2 Å². The van der Waals surface area contributed by atoms with Crippen LogP contribution >= 0.6 is 0 Å². The first-order valence-electron chi connectivity index (χ1n) is 5.11. The van der Waals surface area contributed by atoms with Gasteiger partial charge in [0.15, 0.2) is 0 Å². The van der Waals surface area contributed by atoms with Crippen LogP contribution in [-0.4, -0.2) is 19.1 Å². The normalized spacial score (nSPS) is 9.50. The van der Waals surface area contributed by atoms with Crippen LogP contribution in [0.5, 0.6) is 11.6 Å². The molecule has 2 rings (SSSR count). The van der Waals surface area contributed by atoms with Gasteiger partial charge < -0.3 is 4.74 Å². The molecule has 0 bridgehead atoms. The zero-order chi connectivity index (χ0) is 13.0. The number of pyridine rings is 1. The molecule has 1 aromatic carbocycles. The minimum Gasteiger partial charge on any atom is -0.439 e. The van der Waals surface area contributed by atoms with Gasteiger partial charge in [-0.15, -0.1) is 0 Å². The van der Waals surface area contributed by atoms with Gasteiger partial charge in [0, 0.05) is 17.8 Å². The third-order valence-corrected chi connectivity index (χ3v) is 2.27. The van der Waals surface area contributed by atoms with Crippen molar-refractivity contribution in [1.82, 2.24) is 4.98 Å². The van der Waals surface area contributed by atoms with Crippen molar-refractivity contribution in [3.05, 3.63) is 47.7 Å². The smallest absolute Gasteiger partial charge is 0.219 e. The molecule has 5 heteroatoms. The maximum absolute atomic E-state index is 10.7. The number of nitriles is 1. The Balaban J connectivity index is 2.23. The van der Waals surface area contributed by atoms with Gasteiger partial charge in [-0.25, -0.2) is 4.98 Å². The van der Waals surface area contributed by atoms with Gasteiger partial charge in [0.25, 0.3) is 0 Å². The highest BCUT2D eigenvalue weighted by Crippen LogP contribution is 2.19.